The largest absolute Gasteiger partial charge is 0.379 e. The van der Waals surface area contributed by atoms with Crippen LogP contribution in [0.15, 0.2) is 42.5 Å². The molecule has 0 spiro atoms. The molecule has 7 nitrogen and oxygen atoms in total. The monoisotopic (exact) mass is 423 g/mol. The molecule has 3 heterocycles. The number of hydrogen-bond donors (Lipinski definition) is 4. The Hall–Kier alpha value is -2.32. The molecule has 164 valence electrons. The fourth-order valence-corrected chi connectivity index (χ4v) is 5.47. The number of piperidine rings is 2. The second-order valence-corrected chi connectivity index (χ2v) is 8.98. The van der Waals surface area contributed by atoms with Gasteiger partial charge in [-0.05, 0) is 61.4 Å². The van der Waals surface area contributed by atoms with Gasteiger partial charge < -0.3 is 15.5 Å². The molecule has 3 fully saturated rings. The number of carbonyl (C=O) groups is 2. The molecule has 3 aliphatic heterocycles. The van der Waals surface area contributed by atoms with Crippen LogP contribution in [0.25, 0.3) is 5.57 Å². The van der Waals surface area contributed by atoms with E-state index in [2.05, 4.69) is 34.9 Å². The minimum absolute atomic E-state index is 0.268. The first kappa shape index (κ1) is 20.6. The fraction of sp³-hybridized carbons (Fsp3) is 0.500. The molecule has 0 aromatic heterocycles. The standard InChI is InChI=1S/C24H29N3O4/c28-20-9-8-19(22(29)26-20)27-23(30)18-3-1-2-17(21(18)24(27)31)16-6-4-14(5-7-16)15-10-12-25-13-11-15/h1-7,15,18-22,25-26,28-29H,8-13H2. The van der Waals surface area contributed by atoms with Gasteiger partial charge in [0.1, 0.15) is 12.5 Å². The third kappa shape index (κ3) is 3.65. The van der Waals surface area contributed by atoms with Crippen LogP contribution in [0.3, 0.4) is 0 Å². The zero-order valence-electron chi connectivity index (χ0n) is 17.4. The van der Waals surface area contributed by atoms with Gasteiger partial charge >= 0.3 is 0 Å². The van der Waals surface area contributed by atoms with Gasteiger partial charge in [0, 0.05) is 0 Å². The third-order valence-corrected chi connectivity index (χ3v) is 7.16. The Morgan fingerprint density at radius 1 is 0.935 bits per heavy atom. The number of fused-ring (bicyclic) bond motifs is 1. The number of amides is 2. The summed E-state index contributed by atoms with van der Waals surface area (Å²) in [5.41, 5.74) is 3.13. The first-order chi connectivity index (χ1) is 15.0. The Bertz CT molecular complexity index is 919. The number of nitrogens with one attached hydrogen (secondary N) is 2. The molecule has 4 aliphatic rings. The number of aliphatic hydroxyl groups is 2. The van der Waals surface area contributed by atoms with E-state index in [1.165, 1.54) is 10.5 Å². The quantitative estimate of drug-likeness (QED) is 0.543. The molecule has 3 saturated heterocycles. The van der Waals surface area contributed by atoms with Crippen molar-refractivity contribution >= 4 is 17.4 Å². The van der Waals surface area contributed by atoms with E-state index >= 15 is 0 Å². The summed E-state index contributed by atoms with van der Waals surface area (Å²) in [5.74, 6) is -1.10. The molecule has 2 amide bonds. The maximum absolute atomic E-state index is 13.4. The normalized spacial score (nSPS) is 34.1. The van der Waals surface area contributed by atoms with Crippen LogP contribution in [-0.4, -0.2) is 58.5 Å². The predicted octanol–water partition coefficient (Wildman–Crippen LogP) is 1.10. The second kappa shape index (κ2) is 8.31. The minimum Gasteiger partial charge on any atom is -0.379 e. The molecule has 0 saturated carbocycles. The van der Waals surface area contributed by atoms with Gasteiger partial charge in [0.15, 0.2) is 0 Å². The number of imide groups is 1. The lowest BCUT2D eigenvalue weighted by molar-refractivity contribution is -0.149. The molecule has 31 heavy (non-hydrogen) atoms. The maximum atomic E-state index is 13.4. The Morgan fingerprint density at radius 2 is 1.68 bits per heavy atom. The zero-order valence-corrected chi connectivity index (χ0v) is 17.4. The van der Waals surface area contributed by atoms with Gasteiger partial charge in [-0.2, -0.15) is 0 Å². The molecule has 1 aromatic carbocycles. The molecule has 4 N–H and O–H groups in total. The molecule has 5 rings (SSSR count). The Balaban J connectivity index is 1.39. The molecule has 5 unspecified atom stereocenters. The van der Waals surface area contributed by atoms with Crippen LogP contribution >= 0.6 is 0 Å². The van der Waals surface area contributed by atoms with Crippen LogP contribution in [0.1, 0.15) is 42.7 Å². The number of carbonyl (C=O) groups excluding carboxylic acids is 2. The van der Waals surface area contributed by atoms with Crippen LogP contribution in [0.2, 0.25) is 0 Å². The molecule has 5 atom stereocenters. The van der Waals surface area contributed by atoms with Crippen LogP contribution < -0.4 is 10.6 Å². The fourth-order valence-electron chi connectivity index (χ4n) is 5.47. The van der Waals surface area contributed by atoms with Gasteiger partial charge in [-0.15, -0.1) is 0 Å². The number of rotatable bonds is 3. The van der Waals surface area contributed by atoms with E-state index in [0.29, 0.717) is 18.8 Å². The number of benzene rings is 1. The highest BCUT2D eigenvalue weighted by Crippen LogP contribution is 2.42. The van der Waals surface area contributed by atoms with Gasteiger partial charge in [-0.1, -0.05) is 42.5 Å². The lowest BCUT2D eigenvalue weighted by Gasteiger charge is -2.36. The van der Waals surface area contributed by atoms with Gasteiger partial charge in [-0.25, -0.2) is 0 Å². The van der Waals surface area contributed by atoms with E-state index in [1.54, 1.807) is 6.08 Å². The molecule has 7 heteroatoms. The van der Waals surface area contributed by atoms with E-state index in [1.807, 2.05) is 12.2 Å². The van der Waals surface area contributed by atoms with E-state index in [-0.39, 0.29) is 11.8 Å². The zero-order chi connectivity index (χ0) is 21.5. The first-order valence-electron chi connectivity index (χ1n) is 11.2. The van der Waals surface area contributed by atoms with Gasteiger partial charge in [0.2, 0.25) is 11.8 Å². The van der Waals surface area contributed by atoms with Crippen molar-refractivity contribution in [3.63, 3.8) is 0 Å². The highest BCUT2D eigenvalue weighted by atomic mass is 16.3. The summed E-state index contributed by atoms with van der Waals surface area (Å²) in [4.78, 5) is 27.8. The van der Waals surface area contributed by atoms with Crippen LogP contribution in [-0.2, 0) is 9.59 Å². The smallest absolute Gasteiger partial charge is 0.238 e. The van der Waals surface area contributed by atoms with E-state index in [4.69, 9.17) is 0 Å². The highest BCUT2D eigenvalue weighted by Gasteiger charge is 2.53. The van der Waals surface area contributed by atoms with Crippen molar-refractivity contribution in [2.24, 2.45) is 11.8 Å². The summed E-state index contributed by atoms with van der Waals surface area (Å²) in [6.07, 6.45) is 6.63. The molecular formula is C24H29N3O4. The van der Waals surface area contributed by atoms with Crippen molar-refractivity contribution in [3.05, 3.63) is 53.6 Å². The molecule has 1 aromatic rings. The van der Waals surface area contributed by atoms with Crippen LogP contribution in [0.4, 0.5) is 0 Å². The third-order valence-electron chi connectivity index (χ3n) is 7.16. The Kier molecular flexibility index (Phi) is 5.52. The second-order valence-electron chi connectivity index (χ2n) is 8.98. The SMILES string of the molecule is O=C1C2C=CC=C(c3ccc(C4CCNCC4)cc3)C2C(=O)N1C1CCC(O)NC1O. The average molecular weight is 424 g/mol. The molecule has 0 radical (unpaired) electrons. The van der Waals surface area contributed by atoms with Crippen molar-refractivity contribution in [1.82, 2.24) is 15.5 Å². The van der Waals surface area contributed by atoms with Crippen molar-refractivity contribution in [3.8, 4) is 0 Å². The summed E-state index contributed by atoms with van der Waals surface area (Å²) in [6, 6.07) is 7.76. The van der Waals surface area contributed by atoms with Crippen molar-refractivity contribution in [2.45, 2.75) is 50.1 Å². The van der Waals surface area contributed by atoms with Gasteiger partial charge in [-0.3, -0.25) is 19.8 Å². The van der Waals surface area contributed by atoms with E-state index < -0.39 is 30.3 Å². The molecular weight excluding hydrogens is 394 g/mol. The van der Waals surface area contributed by atoms with E-state index in [9.17, 15) is 19.8 Å². The van der Waals surface area contributed by atoms with Crippen molar-refractivity contribution in [2.75, 3.05) is 13.1 Å². The van der Waals surface area contributed by atoms with Gasteiger partial charge in [0.25, 0.3) is 0 Å². The predicted molar refractivity (Wildman–Crippen MR) is 115 cm³/mol. The number of nitrogens with zero attached hydrogens (tertiary/aromatic N) is 1. The Labute approximate surface area is 181 Å². The topological polar surface area (TPSA) is 102 Å². The number of aliphatic hydroxyl groups excluding tert-OH is 2. The number of likely N-dealkylation sites (tertiary alicyclic amines) is 1. The lowest BCUT2D eigenvalue weighted by atomic mass is 9.80. The summed E-state index contributed by atoms with van der Waals surface area (Å²) in [7, 11) is 0. The summed E-state index contributed by atoms with van der Waals surface area (Å²) < 4.78 is 0. The van der Waals surface area contributed by atoms with Gasteiger partial charge in [0.05, 0.1) is 17.9 Å². The lowest BCUT2D eigenvalue weighted by Crippen LogP contribution is -2.58. The first-order valence-corrected chi connectivity index (χ1v) is 11.2. The van der Waals surface area contributed by atoms with Crippen LogP contribution in [0.5, 0.6) is 0 Å². The van der Waals surface area contributed by atoms with Crippen molar-refractivity contribution in [1.29, 1.82) is 0 Å². The Morgan fingerprint density at radius 3 is 2.39 bits per heavy atom. The highest BCUT2D eigenvalue weighted by molar-refractivity contribution is 6.12. The average Bonchev–Trinajstić information content (AvgIpc) is 3.05. The van der Waals surface area contributed by atoms with E-state index in [0.717, 1.165) is 37.1 Å². The molecule has 1 aliphatic carbocycles. The summed E-state index contributed by atoms with van der Waals surface area (Å²) >= 11 is 0. The molecule has 0 bridgehead atoms. The summed E-state index contributed by atoms with van der Waals surface area (Å²) in [5, 5.41) is 26.1. The summed E-state index contributed by atoms with van der Waals surface area (Å²) in [6.45, 7) is 2.08. The number of allylic oxidation sites excluding steroid dienone is 2. The minimum atomic E-state index is -1.13. The number of hydrogen-bond acceptors (Lipinski definition) is 6. The van der Waals surface area contributed by atoms with Crippen LogP contribution in [0, 0.1) is 11.8 Å². The van der Waals surface area contributed by atoms with Crippen molar-refractivity contribution < 1.29 is 19.8 Å². The maximum Gasteiger partial charge on any atom is 0.238 e.